The van der Waals surface area contributed by atoms with Crippen LogP contribution >= 0.6 is 0 Å². The Bertz CT molecular complexity index is 926. The van der Waals surface area contributed by atoms with Crippen molar-refractivity contribution in [2.75, 3.05) is 26.6 Å². The summed E-state index contributed by atoms with van der Waals surface area (Å²) in [4.78, 5) is 0. The molecule has 164 valence electrons. The van der Waals surface area contributed by atoms with Crippen LogP contribution in [0, 0.1) is 0 Å². The molecule has 0 aliphatic heterocycles. The van der Waals surface area contributed by atoms with Crippen molar-refractivity contribution in [3.8, 4) is 28.4 Å². The van der Waals surface area contributed by atoms with Gasteiger partial charge in [0.1, 0.15) is 23.9 Å². The molecule has 0 heterocycles. The maximum absolute atomic E-state index is 14.4. The summed E-state index contributed by atoms with van der Waals surface area (Å²) in [5.74, 6) is 1.07. The fraction of sp³-hybridized carbons (Fsp3) is 0.250. The first kappa shape index (κ1) is 22.5. The van der Waals surface area contributed by atoms with Gasteiger partial charge in [-0.1, -0.05) is 24.3 Å². The lowest BCUT2D eigenvalue weighted by molar-refractivity contribution is -0.185. The normalized spacial score (nSPS) is 11.2. The molecule has 0 atom stereocenters. The lowest BCUT2D eigenvalue weighted by Crippen LogP contribution is -2.21. The third-order valence-electron chi connectivity index (χ3n) is 4.41. The molecule has 0 aliphatic rings. The lowest BCUT2D eigenvalue weighted by atomic mass is 10.1. The molecule has 0 aromatic heterocycles. The fourth-order valence-electron chi connectivity index (χ4n) is 2.85. The number of aliphatic hydroxyl groups is 1. The number of aliphatic hydroxyl groups excluding tert-OH is 1. The smallest absolute Gasteiger partial charge is 0.426 e. The molecule has 7 heteroatoms. The first-order valence-electron chi connectivity index (χ1n) is 9.84. The van der Waals surface area contributed by atoms with Crippen molar-refractivity contribution in [1.29, 1.82) is 0 Å². The summed E-state index contributed by atoms with van der Waals surface area (Å²) in [7, 11) is 0. The predicted octanol–water partition coefficient (Wildman–Crippen LogP) is 5.23. The van der Waals surface area contributed by atoms with Gasteiger partial charge in [0, 0.05) is 6.61 Å². The molecule has 0 spiro atoms. The van der Waals surface area contributed by atoms with Gasteiger partial charge in [-0.25, -0.2) is 0 Å². The zero-order valence-corrected chi connectivity index (χ0v) is 17.1. The summed E-state index contributed by atoms with van der Waals surface area (Å²) in [5.41, 5.74) is 1.47. The van der Waals surface area contributed by atoms with E-state index in [1.807, 2.05) is 31.2 Å². The highest BCUT2D eigenvalue weighted by Crippen LogP contribution is 2.33. The van der Waals surface area contributed by atoms with E-state index in [9.17, 15) is 8.78 Å². The number of ether oxygens (including phenoxy) is 4. The molecule has 0 bridgehead atoms. The molecule has 1 N–H and O–H groups in total. The summed E-state index contributed by atoms with van der Waals surface area (Å²) in [6.07, 6.45) is -3.51. The Hall–Kier alpha value is -3.16. The van der Waals surface area contributed by atoms with Gasteiger partial charge in [0.05, 0.1) is 12.2 Å². The Morgan fingerprint density at radius 1 is 0.710 bits per heavy atom. The van der Waals surface area contributed by atoms with E-state index in [0.717, 1.165) is 16.9 Å². The van der Waals surface area contributed by atoms with Crippen molar-refractivity contribution in [1.82, 2.24) is 0 Å². The van der Waals surface area contributed by atoms with Crippen molar-refractivity contribution in [2.24, 2.45) is 0 Å². The van der Waals surface area contributed by atoms with E-state index in [2.05, 4.69) is 0 Å². The van der Waals surface area contributed by atoms with E-state index in [4.69, 9.17) is 24.1 Å². The second-order valence-electron chi connectivity index (χ2n) is 6.51. The van der Waals surface area contributed by atoms with Crippen LogP contribution in [0.1, 0.15) is 12.5 Å². The standard InChI is InChI=1S/C24H24F2O5/c1-2-28-15-16-29-21-9-3-18(4-10-21)19-5-11-23(12-6-19)31-24(25,26)20-7-13-22(14-8-20)30-17-27/h3-14,27H,2,15-17H2,1H3. The molecule has 0 unspecified atom stereocenters. The Morgan fingerprint density at radius 3 is 1.77 bits per heavy atom. The Morgan fingerprint density at radius 2 is 1.23 bits per heavy atom. The third-order valence-corrected chi connectivity index (χ3v) is 4.41. The quantitative estimate of drug-likeness (QED) is 0.334. The number of halogens is 2. The number of benzene rings is 3. The van der Waals surface area contributed by atoms with Gasteiger partial charge in [-0.2, -0.15) is 8.78 Å². The molecule has 3 aromatic carbocycles. The maximum Gasteiger partial charge on any atom is 0.426 e. The average Bonchev–Trinajstić information content (AvgIpc) is 2.78. The lowest BCUT2D eigenvalue weighted by Gasteiger charge is -2.18. The van der Waals surface area contributed by atoms with Gasteiger partial charge >= 0.3 is 6.11 Å². The van der Waals surface area contributed by atoms with Gasteiger partial charge < -0.3 is 24.1 Å². The number of rotatable bonds is 11. The molecule has 0 fully saturated rings. The van der Waals surface area contributed by atoms with E-state index in [-0.39, 0.29) is 17.1 Å². The Kier molecular flexibility index (Phi) is 7.81. The Labute approximate surface area is 179 Å². The summed E-state index contributed by atoms with van der Waals surface area (Å²) < 4.78 is 49.5. The SMILES string of the molecule is CCOCCOc1ccc(-c2ccc(OC(F)(F)c3ccc(OCO)cc3)cc2)cc1. The number of alkyl halides is 2. The third kappa shape index (κ3) is 6.41. The van der Waals surface area contributed by atoms with E-state index < -0.39 is 12.9 Å². The van der Waals surface area contributed by atoms with Crippen LogP contribution in [0.2, 0.25) is 0 Å². The van der Waals surface area contributed by atoms with Crippen molar-refractivity contribution in [2.45, 2.75) is 13.0 Å². The topological polar surface area (TPSA) is 57.2 Å². The maximum atomic E-state index is 14.4. The van der Waals surface area contributed by atoms with Crippen LogP contribution in [0.4, 0.5) is 8.78 Å². The van der Waals surface area contributed by atoms with E-state index in [1.54, 1.807) is 12.1 Å². The second kappa shape index (κ2) is 10.7. The molecule has 3 rings (SSSR count). The van der Waals surface area contributed by atoms with Crippen molar-refractivity contribution >= 4 is 0 Å². The van der Waals surface area contributed by atoms with E-state index >= 15 is 0 Å². The average molecular weight is 430 g/mol. The molecule has 0 aliphatic carbocycles. The van der Waals surface area contributed by atoms with Gasteiger partial charge in [0.2, 0.25) is 0 Å². The minimum absolute atomic E-state index is 0.0420. The van der Waals surface area contributed by atoms with Crippen LogP contribution in [0.15, 0.2) is 72.8 Å². The summed E-state index contributed by atoms with van der Waals surface area (Å²) in [6, 6.07) is 19.0. The summed E-state index contributed by atoms with van der Waals surface area (Å²) >= 11 is 0. The summed E-state index contributed by atoms with van der Waals surface area (Å²) in [6.45, 7) is 3.07. The molecule has 0 saturated carbocycles. The van der Waals surface area contributed by atoms with Crippen LogP contribution in [-0.4, -0.2) is 31.7 Å². The molecule has 0 amide bonds. The van der Waals surface area contributed by atoms with Crippen molar-refractivity contribution < 1.29 is 32.8 Å². The first-order chi connectivity index (χ1) is 15.0. The predicted molar refractivity (Wildman–Crippen MR) is 113 cm³/mol. The number of hydrogen-bond acceptors (Lipinski definition) is 5. The highest BCUT2D eigenvalue weighted by Gasteiger charge is 2.34. The van der Waals surface area contributed by atoms with Crippen molar-refractivity contribution in [3.63, 3.8) is 0 Å². The number of hydrogen-bond donors (Lipinski definition) is 1. The molecule has 31 heavy (non-hydrogen) atoms. The minimum atomic E-state index is -3.51. The largest absolute Gasteiger partial charge is 0.491 e. The van der Waals surface area contributed by atoms with Gasteiger partial charge in [-0.15, -0.1) is 0 Å². The zero-order valence-electron chi connectivity index (χ0n) is 17.1. The highest BCUT2D eigenvalue weighted by atomic mass is 19.3. The van der Waals surface area contributed by atoms with E-state index in [1.165, 1.54) is 36.4 Å². The Balaban J connectivity index is 1.61. The summed E-state index contributed by atoms with van der Waals surface area (Å²) in [5, 5.41) is 8.71. The van der Waals surface area contributed by atoms with Crippen LogP contribution in [0.25, 0.3) is 11.1 Å². The molecule has 0 radical (unpaired) electrons. The molecular formula is C24H24F2O5. The van der Waals surface area contributed by atoms with Gasteiger partial charge in [-0.05, 0) is 66.6 Å². The highest BCUT2D eigenvalue weighted by molar-refractivity contribution is 5.64. The van der Waals surface area contributed by atoms with Crippen LogP contribution < -0.4 is 14.2 Å². The fourth-order valence-corrected chi connectivity index (χ4v) is 2.85. The van der Waals surface area contributed by atoms with Crippen molar-refractivity contribution in [3.05, 3.63) is 78.4 Å². The van der Waals surface area contributed by atoms with Crippen LogP contribution in [0.5, 0.6) is 17.2 Å². The molecule has 5 nitrogen and oxygen atoms in total. The first-order valence-corrected chi connectivity index (χ1v) is 9.84. The van der Waals surface area contributed by atoms with Crippen LogP contribution in [-0.2, 0) is 10.8 Å². The molecular weight excluding hydrogens is 406 g/mol. The van der Waals surface area contributed by atoms with Gasteiger partial charge in [-0.3, -0.25) is 0 Å². The monoisotopic (exact) mass is 430 g/mol. The van der Waals surface area contributed by atoms with Gasteiger partial charge in [0.15, 0.2) is 6.79 Å². The van der Waals surface area contributed by atoms with Crippen LogP contribution in [0.3, 0.4) is 0 Å². The van der Waals surface area contributed by atoms with E-state index in [0.29, 0.717) is 19.8 Å². The molecule has 3 aromatic rings. The minimum Gasteiger partial charge on any atom is -0.491 e. The molecule has 0 saturated heterocycles. The van der Waals surface area contributed by atoms with Gasteiger partial charge in [0.25, 0.3) is 0 Å². The second-order valence-corrected chi connectivity index (χ2v) is 6.51. The zero-order chi connectivity index (χ0) is 22.1.